The van der Waals surface area contributed by atoms with Crippen molar-refractivity contribution in [3.63, 3.8) is 0 Å². The Labute approximate surface area is 192 Å². The highest BCUT2D eigenvalue weighted by atomic mass is 16.5. The number of nitrogens with one attached hydrogen (secondary N) is 1. The molecular formula is C27H29NO5. The molecule has 2 aromatic heterocycles. The number of hydrogen-bond acceptors (Lipinski definition) is 5. The molecule has 0 unspecified atom stereocenters. The summed E-state index contributed by atoms with van der Waals surface area (Å²) in [5, 5.41) is 4.70. The molecule has 4 aromatic rings. The van der Waals surface area contributed by atoms with E-state index in [4.69, 9.17) is 13.6 Å². The molecule has 1 amide bonds. The molecule has 6 heteroatoms. The summed E-state index contributed by atoms with van der Waals surface area (Å²) in [7, 11) is 1.60. The molecule has 4 rings (SSSR count). The Kier molecular flexibility index (Phi) is 5.78. The molecule has 172 valence electrons. The van der Waals surface area contributed by atoms with Crippen LogP contribution in [0.5, 0.6) is 5.75 Å². The second-order valence-corrected chi connectivity index (χ2v) is 9.45. The van der Waals surface area contributed by atoms with Crippen LogP contribution in [0.4, 0.5) is 0 Å². The number of fused-ring (bicyclic) bond motifs is 2. The third kappa shape index (κ3) is 4.25. The van der Waals surface area contributed by atoms with Gasteiger partial charge in [0.15, 0.2) is 0 Å². The quantitative estimate of drug-likeness (QED) is 0.419. The summed E-state index contributed by atoms with van der Waals surface area (Å²) in [5.41, 5.74) is 4.53. The van der Waals surface area contributed by atoms with Crippen LogP contribution < -0.4 is 15.7 Å². The first kappa shape index (κ1) is 22.6. The molecule has 0 saturated carbocycles. The predicted octanol–water partition coefficient (Wildman–Crippen LogP) is 5.32. The summed E-state index contributed by atoms with van der Waals surface area (Å²) in [5.74, 6) is 0.479. The van der Waals surface area contributed by atoms with Crippen molar-refractivity contribution in [1.82, 2.24) is 5.32 Å². The van der Waals surface area contributed by atoms with Crippen LogP contribution in [0, 0.1) is 13.8 Å². The standard InChI is InChI=1S/C27H29NO5/c1-15-19-11-21-22(27(3,4)5)14-32-24(21)16(2)25(19)33-26(30)20(15)12-23(29)28-13-17-8-7-9-18(10-17)31-6/h7-11,14H,12-13H2,1-6H3,(H,28,29). The van der Waals surface area contributed by atoms with Crippen LogP contribution in [0.1, 0.15) is 48.6 Å². The number of ether oxygens (including phenoxy) is 1. The normalized spacial score (nSPS) is 11.8. The maximum absolute atomic E-state index is 12.8. The minimum Gasteiger partial charge on any atom is -0.497 e. The molecule has 0 aliphatic rings. The van der Waals surface area contributed by atoms with Crippen LogP contribution in [-0.4, -0.2) is 13.0 Å². The summed E-state index contributed by atoms with van der Waals surface area (Å²) in [6, 6.07) is 9.50. The van der Waals surface area contributed by atoms with E-state index >= 15 is 0 Å². The summed E-state index contributed by atoms with van der Waals surface area (Å²) in [6.45, 7) is 10.5. The monoisotopic (exact) mass is 447 g/mol. The lowest BCUT2D eigenvalue weighted by atomic mass is 9.86. The van der Waals surface area contributed by atoms with Crippen LogP contribution in [-0.2, 0) is 23.2 Å². The Morgan fingerprint density at radius 3 is 2.52 bits per heavy atom. The number of amides is 1. The zero-order valence-electron chi connectivity index (χ0n) is 19.9. The number of rotatable bonds is 5. The third-order valence-corrected chi connectivity index (χ3v) is 6.11. The molecule has 0 spiro atoms. The number of benzene rings is 2. The lowest BCUT2D eigenvalue weighted by Crippen LogP contribution is -2.27. The molecule has 0 bridgehead atoms. The maximum atomic E-state index is 12.8. The third-order valence-electron chi connectivity index (χ3n) is 6.11. The highest BCUT2D eigenvalue weighted by molar-refractivity contribution is 6.00. The van der Waals surface area contributed by atoms with Crippen molar-refractivity contribution < 1.29 is 18.4 Å². The van der Waals surface area contributed by atoms with Gasteiger partial charge in [-0.15, -0.1) is 0 Å². The fourth-order valence-electron chi connectivity index (χ4n) is 4.19. The summed E-state index contributed by atoms with van der Waals surface area (Å²) in [4.78, 5) is 25.5. The molecule has 2 heterocycles. The van der Waals surface area contributed by atoms with E-state index in [1.807, 2.05) is 44.2 Å². The van der Waals surface area contributed by atoms with Crippen molar-refractivity contribution in [2.24, 2.45) is 0 Å². The van der Waals surface area contributed by atoms with Crippen LogP contribution in [0.25, 0.3) is 21.9 Å². The molecule has 0 aliphatic heterocycles. The minimum absolute atomic E-state index is 0.0529. The Hall–Kier alpha value is -3.54. The van der Waals surface area contributed by atoms with Gasteiger partial charge in [-0.2, -0.15) is 0 Å². The summed E-state index contributed by atoms with van der Waals surface area (Å²) in [6.07, 6.45) is 1.72. The molecule has 0 fully saturated rings. The predicted molar refractivity (Wildman–Crippen MR) is 129 cm³/mol. The van der Waals surface area contributed by atoms with Crippen LogP contribution in [0.3, 0.4) is 0 Å². The molecule has 0 saturated heterocycles. The number of furan rings is 1. The zero-order valence-corrected chi connectivity index (χ0v) is 19.9. The lowest BCUT2D eigenvalue weighted by molar-refractivity contribution is -0.120. The fourth-order valence-corrected chi connectivity index (χ4v) is 4.19. The number of carbonyl (C=O) groups excluding carboxylic acids is 1. The Bertz CT molecular complexity index is 1420. The van der Waals surface area contributed by atoms with Crippen molar-refractivity contribution in [3.05, 3.63) is 74.8 Å². The van der Waals surface area contributed by atoms with Gasteiger partial charge < -0.3 is 18.9 Å². The van der Waals surface area contributed by atoms with Crippen molar-refractivity contribution in [1.29, 1.82) is 0 Å². The highest BCUT2D eigenvalue weighted by Gasteiger charge is 2.24. The van der Waals surface area contributed by atoms with Crippen molar-refractivity contribution in [3.8, 4) is 5.75 Å². The van der Waals surface area contributed by atoms with Crippen LogP contribution in [0.15, 0.2) is 50.2 Å². The lowest BCUT2D eigenvalue weighted by Gasteiger charge is -2.17. The van der Waals surface area contributed by atoms with Gasteiger partial charge >= 0.3 is 5.63 Å². The topological polar surface area (TPSA) is 81.7 Å². The van der Waals surface area contributed by atoms with Crippen molar-refractivity contribution >= 4 is 27.8 Å². The molecule has 1 N–H and O–H groups in total. The van der Waals surface area contributed by atoms with E-state index in [0.29, 0.717) is 17.7 Å². The van der Waals surface area contributed by atoms with Gasteiger partial charge in [0.1, 0.15) is 16.9 Å². The number of aryl methyl sites for hydroxylation is 2. The number of carbonyl (C=O) groups is 1. The van der Waals surface area contributed by atoms with E-state index < -0.39 is 5.63 Å². The maximum Gasteiger partial charge on any atom is 0.340 e. The Morgan fingerprint density at radius 1 is 1.06 bits per heavy atom. The number of methoxy groups -OCH3 is 1. The molecule has 2 aromatic carbocycles. The molecule has 6 nitrogen and oxygen atoms in total. The van der Waals surface area contributed by atoms with E-state index in [1.165, 1.54) is 0 Å². The van der Waals surface area contributed by atoms with Gasteiger partial charge in [0, 0.05) is 28.4 Å². The SMILES string of the molecule is COc1cccc(CNC(=O)Cc2c(C)c3cc4c(C(C)(C)C)coc4c(C)c3oc2=O)c1. The van der Waals surface area contributed by atoms with Crippen molar-refractivity contribution in [2.75, 3.05) is 7.11 Å². The van der Waals surface area contributed by atoms with Gasteiger partial charge in [-0.05, 0) is 48.6 Å². The molecular weight excluding hydrogens is 418 g/mol. The molecule has 33 heavy (non-hydrogen) atoms. The van der Waals surface area contributed by atoms with Crippen LogP contribution in [0.2, 0.25) is 0 Å². The van der Waals surface area contributed by atoms with Gasteiger partial charge in [-0.25, -0.2) is 4.79 Å². The first-order valence-corrected chi connectivity index (χ1v) is 11.0. The second-order valence-electron chi connectivity index (χ2n) is 9.45. The van der Waals surface area contributed by atoms with Gasteiger partial charge in [0.2, 0.25) is 5.91 Å². The fraction of sp³-hybridized carbons (Fsp3) is 0.333. The van der Waals surface area contributed by atoms with Crippen LogP contribution >= 0.6 is 0 Å². The van der Waals surface area contributed by atoms with Gasteiger partial charge in [-0.3, -0.25) is 4.79 Å². The number of hydrogen-bond donors (Lipinski definition) is 1. The Balaban J connectivity index is 1.68. The smallest absolute Gasteiger partial charge is 0.340 e. The van der Waals surface area contributed by atoms with Gasteiger partial charge in [0.05, 0.1) is 25.4 Å². The van der Waals surface area contributed by atoms with E-state index in [0.717, 1.165) is 44.4 Å². The summed E-state index contributed by atoms with van der Waals surface area (Å²) >= 11 is 0. The van der Waals surface area contributed by atoms with Crippen molar-refractivity contribution in [2.45, 2.75) is 53.0 Å². The van der Waals surface area contributed by atoms with Gasteiger partial charge in [-0.1, -0.05) is 32.9 Å². The average molecular weight is 448 g/mol. The van der Waals surface area contributed by atoms with E-state index in [2.05, 4.69) is 26.1 Å². The Morgan fingerprint density at radius 2 is 1.82 bits per heavy atom. The zero-order chi connectivity index (χ0) is 23.9. The highest BCUT2D eigenvalue weighted by Crippen LogP contribution is 2.37. The molecule has 0 atom stereocenters. The minimum atomic E-state index is -0.499. The average Bonchev–Trinajstić information content (AvgIpc) is 3.21. The largest absolute Gasteiger partial charge is 0.497 e. The first-order chi connectivity index (χ1) is 15.6. The van der Waals surface area contributed by atoms with E-state index in [-0.39, 0.29) is 17.7 Å². The first-order valence-electron chi connectivity index (χ1n) is 11.0. The molecule has 0 aliphatic carbocycles. The summed E-state index contributed by atoms with van der Waals surface area (Å²) < 4.78 is 16.8. The van der Waals surface area contributed by atoms with E-state index in [1.54, 1.807) is 13.4 Å². The molecule has 0 radical (unpaired) electrons. The second kappa shape index (κ2) is 8.43. The van der Waals surface area contributed by atoms with E-state index in [9.17, 15) is 9.59 Å². The van der Waals surface area contributed by atoms with Gasteiger partial charge in [0.25, 0.3) is 0 Å².